The van der Waals surface area contributed by atoms with Gasteiger partial charge in [-0.15, -0.1) is 0 Å². The van der Waals surface area contributed by atoms with E-state index in [1.54, 1.807) is 0 Å². The molecule has 1 heterocycles. The van der Waals surface area contributed by atoms with E-state index in [1.807, 2.05) is 20.8 Å². The molecule has 1 aromatic heterocycles. The second-order valence-electron chi connectivity index (χ2n) is 10.8. The molecule has 5 heteroatoms. The number of hydrogen-bond donors (Lipinski definition) is 0. The summed E-state index contributed by atoms with van der Waals surface area (Å²) in [4.78, 5) is 12.5. The Morgan fingerprint density at radius 3 is 2.59 bits per heavy atom. The molecule has 0 saturated heterocycles. The molecule has 5 nitrogen and oxygen atoms in total. The van der Waals surface area contributed by atoms with Gasteiger partial charge in [-0.2, -0.15) is 0 Å². The van der Waals surface area contributed by atoms with Crippen LogP contribution in [-0.2, 0) is 20.7 Å². The standard InChI is InChI=1S/C29H43NO4/c1-5-6-16-32-17-10-13-24(20-28(31)33-29(2,3)4)26-21-27(34-30-26)25-18-23(19-25)15-14-22-11-8-7-9-12-22/h7-9,11-12,21,23-25H,5-6,10,13-20H2,1-4H3/t23-,24-,25+/m0/s1. The number of unbranched alkanes of at least 4 members (excludes halogenated alkanes) is 1. The molecule has 188 valence electrons. The minimum Gasteiger partial charge on any atom is -0.460 e. The van der Waals surface area contributed by atoms with E-state index in [0.717, 1.165) is 68.9 Å². The molecule has 34 heavy (non-hydrogen) atoms. The summed E-state index contributed by atoms with van der Waals surface area (Å²) in [6, 6.07) is 12.8. The van der Waals surface area contributed by atoms with Gasteiger partial charge in [0.2, 0.25) is 0 Å². The Morgan fingerprint density at radius 2 is 1.88 bits per heavy atom. The molecule has 2 aromatic rings. The summed E-state index contributed by atoms with van der Waals surface area (Å²) in [5.74, 6) is 1.98. The van der Waals surface area contributed by atoms with Gasteiger partial charge in [0.15, 0.2) is 0 Å². The molecule has 1 fully saturated rings. The lowest BCUT2D eigenvalue weighted by molar-refractivity contribution is -0.155. The van der Waals surface area contributed by atoms with Gasteiger partial charge >= 0.3 is 5.97 Å². The first-order valence-electron chi connectivity index (χ1n) is 13.1. The highest BCUT2D eigenvalue weighted by Crippen LogP contribution is 2.44. The Labute approximate surface area is 205 Å². The average molecular weight is 470 g/mol. The van der Waals surface area contributed by atoms with E-state index in [4.69, 9.17) is 14.0 Å². The lowest BCUT2D eigenvalue weighted by Crippen LogP contribution is -2.25. The zero-order chi connectivity index (χ0) is 24.4. The zero-order valence-corrected chi connectivity index (χ0v) is 21.6. The molecule has 1 saturated carbocycles. The fourth-order valence-electron chi connectivity index (χ4n) is 4.63. The number of carbonyl (C=O) groups excluding carboxylic acids is 1. The summed E-state index contributed by atoms with van der Waals surface area (Å²) < 4.78 is 17.1. The van der Waals surface area contributed by atoms with Crippen LogP contribution in [0.15, 0.2) is 40.9 Å². The molecule has 1 aliphatic rings. The number of aromatic nitrogens is 1. The van der Waals surface area contributed by atoms with E-state index in [1.165, 1.54) is 12.0 Å². The maximum atomic E-state index is 12.5. The maximum Gasteiger partial charge on any atom is 0.306 e. The van der Waals surface area contributed by atoms with E-state index < -0.39 is 5.60 Å². The fourth-order valence-corrected chi connectivity index (χ4v) is 4.63. The smallest absolute Gasteiger partial charge is 0.306 e. The molecule has 1 aromatic carbocycles. The molecule has 0 unspecified atom stereocenters. The van der Waals surface area contributed by atoms with Gasteiger partial charge < -0.3 is 14.0 Å². The quantitative estimate of drug-likeness (QED) is 0.216. The van der Waals surface area contributed by atoms with Crippen LogP contribution in [0.5, 0.6) is 0 Å². The number of hydrogen-bond acceptors (Lipinski definition) is 5. The van der Waals surface area contributed by atoms with Crippen molar-refractivity contribution >= 4 is 5.97 Å². The molecule has 0 aliphatic heterocycles. The Bertz CT molecular complexity index is 849. The van der Waals surface area contributed by atoms with Gasteiger partial charge in [0.25, 0.3) is 0 Å². The summed E-state index contributed by atoms with van der Waals surface area (Å²) in [6.07, 6.45) is 8.94. The number of aryl methyl sites for hydroxylation is 1. The van der Waals surface area contributed by atoms with Gasteiger partial charge in [-0.25, -0.2) is 0 Å². The fraction of sp³-hybridized carbons (Fsp3) is 0.655. The van der Waals surface area contributed by atoms with Crippen molar-refractivity contribution < 1.29 is 18.8 Å². The van der Waals surface area contributed by atoms with Gasteiger partial charge in [0.1, 0.15) is 11.4 Å². The van der Waals surface area contributed by atoms with Crippen molar-refractivity contribution in [3.05, 3.63) is 53.4 Å². The van der Waals surface area contributed by atoms with Crippen LogP contribution in [0.2, 0.25) is 0 Å². The molecule has 0 N–H and O–H groups in total. The van der Waals surface area contributed by atoms with Crippen LogP contribution in [-0.4, -0.2) is 29.9 Å². The van der Waals surface area contributed by atoms with Crippen molar-refractivity contribution in [1.82, 2.24) is 5.16 Å². The Kier molecular flexibility index (Phi) is 10.2. The van der Waals surface area contributed by atoms with Gasteiger partial charge in [-0.3, -0.25) is 4.79 Å². The van der Waals surface area contributed by atoms with Crippen LogP contribution in [0.1, 0.15) is 108 Å². The molecule has 0 radical (unpaired) electrons. The Morgan fingerprint density at radius 1 is 1.15 bits per heavy atom. The van der Waals surface area contributed by atoms with Gasteiger partial charge in [0.05, 0.1) is 12.1 Å². The van der Waals surface area contributed by atoms with E-state index in [9.17, 15) is 4.79 Å². The van der Waals surface area contributed by atoms with E-state index in [2.05, 4.69) is 48.5 Å². The van der Waals surface area contributed by atoms with Gasteiger partial charge in [-0.1, -0.05) is 48.8 Å². The van der Waals surface area contributed by atoms with Gasteiger partial charge in [-0.05, 0) is 77.2 Å². The molecule has 0 amide bonds. The monoisotopic (exact) mass is 469 g/mol. The van der Waals surface area contributed by atoms with E-state index >= 15 is 0 Å². The second kappa shape index (κ2) is 13.1. The van der Waals surface area contributed by atoms with Crippen LogP contribution < -0.4 is 0 Å². The number of ether oxygens (including phenoxy) is 2. The highest BCUT2D eigenvalue weighted by Gasteiger charge is 2.33. The topological polar surface area (TPSA) is 61.6 Å². The number of esters is 1. The first kappa shape index (κ1) is 26.5. The van der Waals surface area contributed by atoms with Crippen LogP contribution >= 0.6 is 0 Å². The third-order valence-electron chi connectivity index (χ3n) is 6.60. The lowest BCUT2D eigenvalue weighted by Gasteiger charge is -2.33. The molecular formula is C29H43NO4. The number of nitrogens with zero attached hydrogens (tertiary/aromatic N) is 1. The summed E-state index contributed by atoms with van der Waals surface area (Å²) in [7, 11) is 0. The van der Waals surface area contributed by atoms with Crippen LogP contribution in [0, 0.1) is 5.92 Å². The van der Waals surface area contributed by atoms with Crippen molar-refractivity contribution in [3.8, 4) is 0 Å². The summed E-state index contributed by atoms with van der Waals surface area (Å²) in [6.45, 7) is 9.38. The minimum absolute atomic E-state index is 0.00363. The molecule has 3 rings (SSSR count). The van der Waals surface area contributed by atoms with Crippen LogP contribution in [0.3, 0.4) is 0 Å². The number of benzene rings is 1. The summed E-state index contributed by atoms with van der Waals surface area (Å²) in [5, 5.41) is 4.39. The first-order valence-corrected chi connectivity index (χ1v) is 13.1. The predicted octanol–water partition coefficient (Wildman–Crippen LogP) is 7.21. The number of carbonyl (C=O) groups is 1. The first-order chi connectivity index (χ1) is 16.3. The number of rotatable bonds is 14. The normalized spacial score (nSPS) is 18.9. The Balaban J connectivity index is 1.51. The SMILES string of the molecule is CCCCOCCC[C@@H](CC(=O)OC(C)(C)C)c1cc([C@H]2C[C@@H](CCc3ccccc3)C2)on1. The lowest BCUT2D eigenvalue weighted by atomic mass is 9.71. The summed E-state index contributed by atoms with van der Waals surface area (Å²) >= 11 is 0. The van der Waals surface area contributed by atoms with E-state index in [-0.39, 0.29) is 11.9 Å². The highest BCUT2D eigenvalue weighted by molar-refractivity contribution is 5.71. The zero-order valence-electron chi connectivity index (χ0n) is 21.6. The third kappa shape index (κ3) is 8.90. The molecule has 1 atom stereocenters. The second-order valence-corrected chi connectivity index (χ2v) is 10.8. The van der Waals surface area contributed by atoms with Gasteiger partial charge in [0, 0.05) is 31.1 Å². The van der Waals surface area contributed by atoms with Crippen molar-refractivity contribution in [3.63, 3.8) is 0 Å². The van der Waals surface area contributed by atoms with Crippen molar-refractivity contribution in [1.29, 1.82) is 0 Å². The summed E-state index contributed by atoms with van der Waals surface area (Å²) in [5.41, 5.74) is 1.80. The van der Waals surface area contributed by atoms with Crippen molar-refractivity contribution in [2.75, 3.05) is 13.2 Å². The highest BCUT2D eigenvalue weighted by atomic mass is 16.6. The maximum absolute atomic E-state index is 12.5. The van der Waals surface area contributed by atoms with Crippen molar-refractivity contribution in [2.24, 2.45) is 5.92 Å². The predicted molar refractivity (Wildman–Crippen MR) is 135 cm³/mol. The minimum atomic E-state index is -0.486. The molecular weight excluding hydrogens is 426 g/mol. The largest absolute Gasteiger partial charge is 0.460 e. The van der Waals surface area contributed by atoms with E-state index in [0.29, 0.717) is 18.9 Å². The van der Waals surface area contributed by atoms with Crippen molar-refractivity contribution in [2.45, 2.75) is 103 Å². The molecule has 1 aliphatic carbocycles. The average Bonchev–Trinajstić information content (AvgIpc) is 3.23. The third-order valence-corrected chi connectivity index (χ3v) is 6.60. The molecule has 0 spiro atoms. The molecule has 0 bridgehead atoms. The van der Waals surface area contributed by atoms with Crippen LogP contribution in [0.4, 0.5) is 0 Å². The Hall–Kier alpha value is -2.14. The van der Waals surface area contributed by atoms with Crippen LogP contribution in [0.25, 0.3) is 0 Å².